The van der Waals surface area contributed by atoms with Gasteiger partial charge in [0.05, 0.1) is 12.6 Å². The molecule has 17 heavy (non-hydrogen) atoms. The molecule has 1 unspecified atom stereocenters. The van der Waals surface area contributed by atoms with Crippen molar-refractivity contribution in [2.24, 2.45) is 7.05 Å². The molecule has 0 spiro atoms. The number of imide groups is 1. The van der Waals surface area contributed by atoms with Crippen molar-refractivity contribution < 1.29 is 9.59 Å². The lowest BCUT2D eigenvalue weighted by atomic mass is 10.3. The molecule has 8 heteroatoms. The van der Waals surface area contributed by atoms with Gasteiger partial charge in [0, 0.05) is 14.1 Å². The zero-order valence-corrected chi connectivity index (χ0v) is 10.0. The van der Waals surface area contributed by atoms with E-state index in [4.69, 9.17) is 0 Å². The maximum Gasteiger partial charge on any atom is 0.321 e. The van der Waals surface area contributed by atoms with Crippen LogP contribution in [0, 0.1) is 0 Å². The van der Waals surface area contributed by atoms with Crippen LogP contribution in [0.5, 0.6) is 0 Å². The lowest BCUT2D eigenvalue weighted by Gasteiger charge is -2.12. The number of carbonyl (C=O) groups excluding carboxylic acids is 2. The molecule has 0 saturated heterocycles. The van der Waals surface area contributed by atoms with Crippen LogP contribution in [0.2, 0.25) is 0 Å². The molecule has 8 nitrogen and oxygen atoms in total. The fraction of sp³-hybridized carbons (Fsp3) is 0.556. The molecule has 0 aliphatic heterocycles. The molecule has 1 aromatic heterocycles. The monoisotopic (exact) mass is 240 g/mol. The number of rotatable bonds is 4. The van der Waals surface area contributed by atoms with E-state index in [0.29, 0.717) is 12.4 Å². The average molecular weight is 240 g/mol. The normalized spacial score (nSPS) is 11.9. The molecule has 3 amide bonds. The predicted molar refractivity (Wildman–Crippen MR) is 59.9 cm³/mol. The van der Waals surface area contributed by atoms with Gasteiger partial charge in [-0.15, -0.1) is 10.2 Å². The molecule has 94 valence electrons. The van der Waals surface area contributed by atoms with Crippen LogP contribution in [-0.2, 0) is 18.4 Å². The largest absolute Gasteiger partial charge is 0.341 e. The number of nitrogens with zero attached hydrogens (tertiary/aromatic N) is 3. The summed E-state index contributed by atoms with van der Waals surface area (Å²) in [4.78, 5) is 22.4. The number of hydrogen-bond acceptors (Lipinski definition) is 5. The summed E-state index contributed by atoms with van der Waals surface area (Å²) in [5.41, 5.74) is 0. The van der Waals surface area contributed by atoms with Crippen molar-refractivity contribution in [2.75, 3.05) is 7.05 Å². The number of nitrogens with one attached hydrogen (secondary N) is 3. The van der Waals surface area contributed by atoms with Gasteiger partial charge in [-0.3, -0.25) is 15.4 Å². The Morgan fingerprint density at radius 2 is 2.24 bits per heavy atom. The highest BCUT2D eigenvalue weighted by Gasteiger charge is 2.15. The molecule has 1 rings (SSSR count). The maximum atomic E-state index is 11.5. The van der Waals surface area contributed by atoms with E-state index in [1.807, 2.05) is 7.05 Å². The van der Waals surface area contributed by atoms with E-state index in [0.717, 1.165) is 0 Å². The first kappa shape index (κ1) is 13.1. The average Bonchev–Trinajstić information content (AvgIpc) is 2.71. The molecule has 0 aromatic carbocycles. The summed E-state index contributed by atoms with van der Waals surface area (Å²) in [6, 6.07) is -1.02. The van der Waals surface area contributed by atoms with E-state index >= 15 is 0 Å². The molecule has 1 atom stereocenters. The van der Waals surface area contributed by atoms with Crippen molar-refractivity contribution in [1.29, 1.82) is 0 Å². The maximum absolute atomic E-state index is 11.5. The Balaban J connectivity index is 2.39. The van der Waals surface area contributed by atoms with Crippen LogP contribution >= 0.6 is 0 Å². The molecule has 1 heterocycles. The van der Waals surface area contributed by atoms with Gasteiger partial charge >= 0.3 is 6.03 Å². The highest BCUT2D eigenvalue weighted by Crippen LogP contribution is 1.92. The van der Waals surface area contributed by atoms with Crippen molar-refractivity contribution in [3.05, 3.63) is 12.2 Å². The predicted octanol–water partition coefficient (Wildman–Crippen LogP) is -1.25. The Bertz CT molecular complexity index is 402. The third-order valence-electron chi connectivity index (χ3n) is 2.23. The second-order valence-corrected chi connectivity index (χ2v) is 3.53. The highest BCUT2D eigenvalue weighted by atomic mass is 16.2. The summed E-state index contributed by atoms with van der Waals surface area (Å²) in [5.74, 6) is 0.316. The van der Waals surface area contributed by atoms with Gasteiger partial charge in [-0.2, -0.15) is 0 Å². The SMILES string of the molecule is CNC(=O)NC(=O)C(C)NCc1nncn1C. The van der Waals surface area contributed by atoms with Gasteiger partial charge in [0.15, 0.2) is 0 Å². The van der Waals surface area contributed by atoms with Gasteiger partial charge in [-0.1, -0.05) is 0 Å². The minimum absolute atomic E-state index is 0.397. The van der Waals surface area contributed by atoms with Crippen LogP contribution in [0.15, 0.2) is 6.33 Å². The number of amides is 3. The van der Waals surface area contributed by atoms with Gasteiger partial charge in [0.1, 0.15) is 12.2 Å². The van der Waals surface area contributed by atoms with Crippen LogP contribution in [0.3, 0.4) is 0 Å². The number of urea groups is 1. The lowest BCUT2D eigenvalue weighted by molar-refractivity contribution is -0.121. The molecule has 3 N–H and O–H groups in total. The van der Waals surface area contributed by atoms with E-state index in [-0.39, 0.29) is 0 Å². The van der Waals surface area contributed by atoms with Crippen molar-refractivity contribution >= 4 is 11.9 Å². The Hall–Kier alpha value is -1.96. The first-order chi connectivity index (χ1) is 8.04. The molecule has 0 aliphatic carbocycles. The van der Waals surface area contributed by atoms with Gasteiger partial charge < -0.3 is 9.88 Å². The van der Waals surface area contributed by atoms with Crippen LogP contribution in [0.1, 0.15) is 12.7 Å². The zero-order chi connectivity index (χ0) is 12.8. The van der Waals surface area contributed by atoms with Gasteiger partial charge in [-0.25, -0.2) is 4.79 Å². The fourth-order valence-corrected chi connectivity index (χ4v) is 1.09. The topological polar surface area (TPSA) is 101 Å². The Morgan fingerprint density at radius 3 is 2.76 bits per heavy atom. The summed E-state index contributed by atoms with van der Waals surface area (Å²) in [6.45, 7) is 2.06. The highest BCUT2D eigenvalue weighted by molar-refractivity contribution is 5.96. The van der Waals surface area contributed by atoms with Gasteiger partial charge in [0.2, 0.25) is 5.91 Å². The minimum atomic E-state index is -0.526. The number of carbonyl (C=O) groups is 2. The molecule has 0 bridgehead atoms. The number of hydrogen-bond donors (Lipinski definition) is 3. The molecule has 0 saturated carbocycles. The number of aromatic nitrogens is 3. The standard InChI is InChI=1S/C9H16N6O2/c1-6(8(16)13-9(17)10-2)11-4-7-14-12-5-15(7)3/h5-6,11H,4H2,1-3H3,(H2,10,13,16,17). The second kappa shape index (κ2) is 5.94. The van der Waals surface area contributed by atoms with Crippen LogP contribution in [0.4, 0.5) is 4.79 Å². The molecular formula is C9H16N6O2. The van der Waals surface area contributed by atoms with E-state index in [1.54, 1.807) is 17.8 Å². The fourth-order valence-electron chi connectivity index (χ4n) is 1.09. The van der Waals surface area contributed by atoms with Crippen molar-refractivity contribution in [3.63, 3.8) is 0 Å². The third kappa shape index (κ3) is 3.83. The summed E-state index contributed by atoms with van der Waals surface area (Å²) in [6.07, 6.45) is 1.58. The number of aryl methyl sites for hydroxylation is 1. The Kier molecular flexibility index (Phi) is 4.58. The van der Waals surface area contributed by atoms with E-state index in [9.17, 15) is 9.59 Å². The quantitative estimate of drug-likeness (QED) is 0.610. The molecule has 0 aliphatic rings. The summed E-state index contributed by atoms with van der Waals surface area (Å²) >= 11 is 0. The molecule has 0 radical (unpaired) electrons. The third-order valence-corrected chi connectivity index (χ3v) is 2.23. The van der Waals surface area contributed by atoms with E-state index < -0.39 is 18.0 Å². The minimum Gasteiger partial charge on any atom is -0.341 e. The molecular weight excluding hydrogens is 224 g/mol. The second-order valence-electron chi connectivity index (χ2n) is 3.53. The first-order valence-corrected chi connectivity index (χ1v) is 5.13. The first-order valence-electron chi connectivity index (χ1n) is 5.13. The smallest absolute Gasteiger partial charge is 0.321 e. The summed E-state index contributed by atoms with van der Waals surface area (Å²) in [5, 5.41) is 15.0. The van der Waals surface area contributed by atoms with E-state index in [2.05, 4.69) is 26.1 Å². The van der Waals surface area contributed by atoms with Crippen molar-refractivity contribution in [2.45, 2.75) is 19.5 Å². The van der Waals surface area contributed by atoms with Gasteiger partial charge in [0.25, 0.3) is 0 Å². The zero-order valence-electron chi connectivity index (χ0n) is 10.0. The van der Waals surface area contributed by atoms with Gasteiger partial charge in [-0.05, 0) is 6.92 Å². The van der Waals surface area contributed by atoms with Crippen LogP contribution in [-0.4, -0.2) is 39.8 Å². The van der Waals surface area contributed by atoms with Crippen LogP contribution < -0.4 is 16.0 Å². The van der Waals surface area contributed by atoms with Crippen molar-refractivity contribution in [3.8, 4) is 0 Å². The molecule has 1 aromatic rings. The Morgan fingerprint density at radius 1 is 1.53 bits per heavy atom. The summed E-state index contributed by atoms with van der Waals surface area (Å²) in [7, 11) is 3.26. The molecule has 0 fully saturated rings. The van der Waals surface area contributed by atoms with E-state index in [1.165, 1.54) is 7.05 Å². The van der Waals surface area contributed by atoms with Crippen molar-refractivity contribution in [1.82, 2.24) is 30.7 Å². The van der Waals surface area contributed by atoms with Crippen LogP contribution in [0.25, 0.3) is 0 Å². The summed E-state index contributed by atoms with van der Waals surface area (Å²) < 4.78 is 1.75. The Labute approximate surface area is 98.8 Å². The lowest BCUT2D eigenvalue weighted by Crippen LogP contribution is -2.47.